The first kappa shape index (κ1) is 20.8. The zero-order chi connectivity index (χ0) is 21.4. The topological polar surface area (TPSA) is 102 Å². The second-order valence-electron chi connectivity index (χ2n) is 9.22. The van der Waals surface area contributed by atoms with E-state index >= 15 is 0 Å². The molecule has 1 aliphatic heterocycles. The number of rotatable bonds is 4. The zero-order valence-corrected chi connectivity index (χ0v) is 17.5. The lowest BCUT2D eigenvalue weighted by Crippen LogP contribution is -2.50. The van der Waals surface area contributed by atoms with Crippen molar-refractivity contribution in [3.63, 3.8) is 0 Å². The lowest BCUT2D eigenvalue weighted by Gasteiger charge is -2.25. The molecule has 1 saturated carbocycles. The van der Waals surface area contributed by atoms with Crippen LogP contribution in [0.5, 0.6) is 0 Å². The lowest BCUT2D eigenvalue weighted by atomic mass is 9.84. The third-order valence-electron chi connectivity index (χ3n) is 5.95. The molecule has 29 heavy (non-hydrogen) atoms. The van der Waals surface area contributed by atoms with Crippen LogP contribution in [0.2, 0.25) is 0 Å². The fourth-order valence-electron chi connectivity index (χ4n) is 4.03. The van der Waals surface area contributed by atoms with Crippen molar-refractivity contribution in [2.45, 2.75) is 69.9 Å². The maximum absolute atomic E-state index is 13.0. The molecule has 2 fully saturated rings. The van der Waals surface area contributed by atoms with Crippen molar-refractivity contribution in [1.82, 2.24) is 15.5 Å². The second-order valence-corrected chi connectivity index (χ2v) is 9.22. The standard InChI is InChI=1S/C22H28N4O3/c1-20(2,3)15-7-9-16(10-8-15)21(4)18(28)26(19(29)25-21)13-17(27)24-22(14-23)11-5-6-12-22/h7-10H,5-6,11-13H2,1-4H3,(H,24,27)(H,25,29)/t21-/m0/s1. The van der Waals surface area contributed by atoms with Gasteiger partial charge in [-0.15, -0.1) is 0 Å². The lowest BCUT2D eigenvalue weighted by molar-refractivity contribution is -0.135. The van der Waals surface area contributed by atoms with Crippen LogP contribution in [0.3, 0.4) is 0 Å². The summed E-state index contributed by atoms with van der Waals surface area (Å²) in [5.41, 5.74) is -0.354. The van der Waals surface area contributed by atoms with Crippen molar-refractivity contribution in [2.75, 3.05) is 6.54 Å². The largest absolute Gasteiger partial charge is 0.336 e. The quantitative estimate of drug-likeness (QED) is 0.764. The van der Waals surface area contributed by atoms with E-state index in [0.29, 0.717) is 18.4 Å². The number of nitriles is 1. The van der Waals surface area contributed by atoms with Crippen molar-refractivity contribution in [1.29, 1.82) is 5.26 Å². The first-order valence-electron chi connectivity index (χ1n) is 9.98. The smallest absolute Gasteiger partial charge is 0.325 e. The molecule has 2 aliphatic rings. The van der Waals surface area contributed by atoms with E-state index in [-0.39, 0.29) is 5.41 Å². The summed E-state index contributed by atoms with van der Waals surface area (Å²) in [5.74, 6) is -0.970. The van der Waals surface area contributed by atoms with Crippen LogP contribution in [-0.4, -0.2) is 34.8 Å². The third-order valence-corrected chi connectivity index (χ3v) is 5.95. The van der Waals surface area contributed by atoms with E-state index in [9.17, 15) is 19.6 Å². The Morgan fingerprint density at radius 3 is 2.31 bits per heavy atom. The number of benzene rings is 1. The molecule has 1 saturated heterocycles. The van der Waals surface area contributed by atoms with E-state index < -0.39 is 35.5 Å². The molecule has 0 unspecified atom stereocenters. The molecule has 0 aromatic heterocycles. The van der Waals surface area contributed by atoms with Crippen LogP contribution in [-0.2, 0) is 20.5 Å². The average molecular weight is 396 g/mol. The Morgan fingerprint density at radius 2 is 1.79 bits per heavy atom. The van der Waals surface area contributed by atoms with Gasteiger partial charge in [0, 0.05) is 0 Å². The van der Waals surface area contributed by atoms with Crippen LogP contribution in [0.15, 0.2) is 24.3 Å². The van der Waals surface area contributed by atoms with Gasteiger partial charge in [0.05, 0.1) is 6.07 Å². The molecule has 1 atom stereocenters. The number of amides is 4. The van der Waals surface area contributed by atoms with Gasteiger partial charge in [0.25, 0.3) is 5.91 Å². The maximum Gasteiger partial charge on any atom is 0.325 e. The predicted molar refractivity (Wildman–Crippen MR) is 108 cm³/mol. The van der Waals surface area contributed by atoms with Gasteiger partial charge in [-0.25, -0.2) is 4.79 Å². The Hall–Kier alpha value is -2.88. The van der Waals surface area contributed by atoms with Gasteiger partial charge in [-0.2, -0.15) is 5.26 Å². The molecule has 1 aromatic rings. The number of hydrogen-bond donors (Lipinski definition) is 2. The molecule has 1 aliphatic carbocycles. The molecule has 7 heteroatoms. The summed E-state index contributed by atoms with van der Waals surface area (Å²) in [4.78, 5) is 38.9. The number of imide groups is 1. The van der Waals surface area contributed by atoms with Crippen LogP contribution in [0.4, 0.5) is 4.79 Å². The summed E-state index contributed by atoms with van der Waals surface area (Å²) in [6.07, 6.45) is 2.93. The number of nitrogens with zero attached hydrogens (tertiary/aromatic N) is 2. The fourth-order valence-corrected chi connectivity index (χ4v) is 4.03. The highest BCUT2D eigenvalue weighted by Gasteiger charge is 2.50. The molecular formula is C22H28N4O3. The second kappa shape index (κ2) is 7.18. The molecule has 154 valence electrons. The van der Waals surface area contributed by atoms with Crippen molar-refractivity contribution < 1.29 is 14.4 Å². The summed E-state index contributed by atoms with van der Waals surface area (Å²) in [5, 5.41) is 14.9. The van der Waals surface area contributed by atoms with E-state index in [4.69, 9.17) is 0 Å². The summed E-state index contributed by atoms with van der Waals surface area (Å²) < 4.78 is 0. The molecular weight excluding hydrogens is 368 g/mol. The number of hydrogen-bond acceptors (Lipinski definition) is 4. The van der Waals surface area contributed by atoms with Gasteiger partial charge in [0.1, 0.15) is 17.6 Å². The molecule has 1 heterocycles. The van der Waals surface area contributed by atoms with Crippen LogP contribution >= 0.6 is 0 Å². The zero-order valence-electron chi connectivity index (χ0n) is 17.5. The van der Waals surface area contributed by atoms with Crippen molar-refractivity contribution in [2.24, 2.45) is 0 Å². The SMILES string of the molecule is CC(C)(C)c1ccc([C@]2(C)NC(=O)N(CC(=O)NC3(C#N)CCCC3)C2=O)cc1. The van der Waals surface area contributed by atoms with E-state index in [2.05, 4.69) is 37.5 Å². The van der Waals surface area contributed by atoms with Crippen LogP contribution < -0.4 is 10.6 Å². The van der Waals surface area contributed by atoms with E-state index in [1.165, 1.54) is 0 Å². The highest BCUT2D eigenvalue weighted by atomic mass is 16.2. The summed E-state index contributed by atoms with van der Waals surface area (Å²) in [6.45, 7) is 7.55. The highest BCUT2D eigenvalue weighted by Crippen LogP contribution is 2.32. The number of carbonyl (C=O) groups excluding carboxylic acids is 3. The van der Waals surface area contributed by atoms with Gasteiger partial charge in [-0.1, -0.05) is 45.0 Å². The molecule has 1 aromatic carbocycles. The molecule has 0 radical (unpaired) electrons. The van der Waals surface area contributed by atoms with Crippen molar-refractivity contribution >= 4 is 17.8 Å². The van der Waals surface area contributed by atoms with Gasteiger partial charge < -0.3 is 10.6 Å². The van der Waals surface area contributed by atoms with Gasteiger partial charge >= 0.3 is 6.03 Å². The van der Waals surface area contributed by atoms with Crippen molar-refractivity contribution in [3.8, 4) is 6.07 Å². The molecule has 0 spiro atoms. The monoisotopic (exact) mass is 396 g/mol. The molecule has 2 N–H and O–H groups in total. The molecule has 0 bridgehead atoms. The highest BCUT2D eigenvalue weighted by molar-refractivity contribution is 6.09. The van der Waals surface area contributed by atoms with E-state index in [1.807, 2.05) is 24.3 Å². The van der Waals surface area contributed by atoms with Gasteiger partial charge in [0.15, 0.2) is 0 Å². The van der Waals surface area contributed by atoms with Crippen LogP contribution in [0, 0.1) is 11.3 Å². The Morgan fingerprint density at radius 1 is 1.21 bits per heavy atom. The number of nitrogens with one attached hydrogen (secondary N) is 2. The van der Waals surface area contributed by atoms with Crippen LogP contribution in [0.25, 0.3) is 0 Å². The van der Waals surface area contributed by atoms with Crippen LogP contribution in [0.1, 0.15) is 64.5 Å². The Labute approximate surface area is 171 Å². The van der Waals surface area contributed by atoms with Gasteiger partial charge in [-0.05, 0) is 49.1 Å². The fraction of sp³-hybridized carbons (Fsp3) is 0.545. The summed E-state index contributed by atoms with van der Waals surface area (Å²) >= 11 is 0. The molecule has 3 rings (SSSR count). The molecule has 4 amide bonds. The maximum atomic E-state index is 13.0. The minimum atomic E-state index is -1.23. The van der Waals surface area contributed by atoms with Gasteiger partial charge in [-0.3, -0.25) is 14.5 Å². The summed E-state index contributed by atoms with van der Waals surface area (Å²) in [7, 11) is 0. The number of urea groups is 1. The average Bonchev–Trinajstić information content (AvgIpc) is 3.21. The third kappa shape index (κ3) is 3.84. The van der Waals surface area contributed by atoms with Gasteiger partial charge in [0.2, 0.25) is 5.91 Å². The first-order valence-corrected chi connectivity index (χ1v) is 9.98. The Balaban J connectivity index is 1.75. The van der Waals surface area contributed by atoms with Crippen molar-refractivity contribution in [3.05, 3.63) is 35.4 Å². The normalized spacial score (nSPS) is 23.6. The predicted octanol–water partition coefficient (Wildman–Crippen LogP) is 2.70. The molecule has 7 nitrogen and oxygen atoms in total. The summed E-state index contributed by atoms with van der Waals surface area (Å²) in [6, 6.07) is 9.15. The van der Waals surface area contributed by atoms with E-state index in [1.54, 1.807) is 6.92 Å². The Kier molecular flexibility index (Phi) is 5.16. The van der Waals surface area contributed by atoms with E-state index in [0.717, 1.165) is 23.3 Å². The first-order chi connectivity index (χ1) is 13.5. The minimum absolute atomic E-state index is 0.0244. The minimum Gasteiger partial charge on any atom is -0.336 e. The Bertz CT molecular complexity index is 873. The number of carbonyl (C=O) groups is 3.